The number of rotatable bonds is 4. The van der Waals surface area contributed by atoms with Crippen LogP contribution in [0.1, 0.15) is 27.2 Å². The van der Waals surface area contributed by atoms with Crippen LogP contribution in [0.15, 0.2) is 24.3 Å². The SMILES string of the molecule is C=C[C@@H](C)CC(=O)C=C(C)C. The highest BCUT2D eigenvalue weighted by molar-refractivity contribution is 5.90. The number of hydrogen-bond donors (Lipinski definition) is 0. The summed E-state index contributed by atoms with van der Waals surface area (Å²) in [6.45, 7) is 9.46. The molecular weight excluding hydrogens is 136 g/mol. The molecule has 0 heterocycles. The summed E-state index contributed by atoms with van der Waals surface area (Å²) in [5.74, 6) is 0.482. The second kappa shape index (κ2) is 4.89. The Morgan fingerprint density at radius 2 is 2.09 bits per heavy atom. The Hall–Kier alpha value is -0.850. The van der Waals surface area contributed by atoms with Gasteiger partial charge in [0.2, 0.25) is 0 Å². The molecular formula is C10H16O. The molecule has 0 fully saturated rings. The van der Waals surface area contributed by atoms with Crippen molar-refractivity contribution < 1.29 is 4.79 Å². The number of hydrogen-bond acceptors (Lipinski definition) is 1. The fourth-order valence-corrected chi connectivity index (χ4v) is 0.782. The van der Waals surface area contributed by atoms with Gasteiger partial charge in [-0.25, -0.2) is 0 Å². The third-order valence-corrected chi connectivity index (χ3v) is 1.38. The minimum absolute atomic E-state index is 0.192. The summed E-state index contributed by atoms with van der Waals surface area (Å²) < 4.78 is 0. The maximum absolute atomic E-state index is 11.1. The van der Waals surface area contributed by atoms with Crippen molar-refractivity contribution in [1.29, 1.82) is 0 Å². The first-order valence-electron chi connectivity index (χ1n) is 3.86. The zero-order valence-corrected chi connectivity index (χ0v) is 7.55. The van der Waals surface area contributed by atoms with Gasteiger partial charge in [-0.2, -0.15) is 0 Å². The lowest BCUT2D eigenvalue weighted by Gasteiger charge is -2.00. The largest absolute Gasteiger partial charge is 0.295 e. The van der Waals surface area contributed by atoms with Gasteiger partial charge in [-0.1, -0.05) is 18.6 Å². The molecule has 0 aromatic rings. The first kappa shape index (κ1) is 10.2. The summed E-state index contributed by atoms with van der Waals surface area (Å²) in [5, 5.41) is 0. The summed E-state index contributed by atoms with van der Waals surface area (Å²) in [4.78, 5) is 11.1. The molecule has 0 saturated heterocycles. The van der Waals surface area contributed by atoms with Crippen LogP contribution in [0.25, 0.3) is 0 Å². The van der Waals surface area contributed by atoms with Crippen molar-refractivity contribution in [3.05, 3.63) is 24.3 Å². The number of carbonyl (C=O) groups is 1. The molecule has 0 saturated carbocycles. The fraction of sp³-hybridized carbons (Fsp3) is 0.500. The molecule has 0 rings (SSSR count). The van der Waals surface area contributed by atoms with Gasteiger partial charge < -0.3 is 0 Å². The highest BCUT2D eigenvalue weighted by Crippen LogP contribution is 2.04. The quantitative estimate of drug-likeness (QED) is 0.447. The second-order valence-corrected chi connectivity index (χ2v) is 3.11. The fourth-order valence-electron chi connectivity index (χ4n) is 0.782. The summed E-state index contributed by atoms with van der Waals surface area (Å²) >= 11 is 0. The van der Waals surface area contributed by atoms with E-state index >= 15 is 0 Å². The normalized spacial score (nSPS) is 11.9. The van der Waals surface area contributed by atoms with Gasteiger partial charge in [0, 0.05) is 6.42 Å². The Balaban J connectivity index is 3.88. The molecule has 1 heteroatoms. The average molecular weight is 152 g/mol. The summed E-state index contributed by atoms with van der Waals surface area (Å²) in [5.41, 5.74) is 1.06. The molecule has 1 nitrogen and oxygen atoms in total. The molecule has 0 radical (unpaired) electrons. The van der Waals surface area contributed by atoms with Crippen molar-refractivity contribution in [3.8, 4) is 0 Å². The van der Waals surface area contributed by atoms with E-state index in [4.69, 9.17) is 0 Å². The van der Waals surface area contributed by atoms with Gasteiger partial charge in [-0.15, -0.1) is 6.58 Å². The lowest BCUT2D eigenvalue weighted by molar-refractivity contribution is -0.115. The summed E-state index contributed by atoms with van der Waals surface area (Å²) in [6, 6.07) is 0. The van der Waals surface area contributed by atoms with Crippen molar-refractivity contribution in [2.24, 2.45) is 5.92 Å². The van der Waals surface area contributed by atoms with E-state index < -0.39 is 0 Å². The predicted octanol–water partition coefficient (Wildman–Crippen LogP) is 2.73. The van der Waals surface area contributed by atoms with Gasteiger partial charge in [-0.3, -0.25) is 4.79 Å². The molecule has 1 atom stereocenters. The summed E-state index contributed by atoms with van der Waals surface area (Å²) in [7, 11) is 0. The Labute approximate surface area is 68.8 Å². The molecule has 0 unspecified atom stereocenters. The van der Waals surface area contributed by atoms with Crippen LogP contribution in [0.4, 0.5) is 0 Å². The number of ketones is 1. The van der Waals surface area contributed by atoms with E-state index in [0.717, 1.165) is 5.57 Å². The molecule has 0 aliphatic carbocycles. The lowest BCUT2D eigenvalue weighted by Crippen LogP contribution is -1.99. The minimum atomic E-state index is 0.192. The van der Waals surface area contributed by atoms with Crippen molar-refractivity contribution in [1.82, 2.24) is 0 Å². The minimum Gasteiger partial charge on any atom is -0.295 e. The zero-order chi connectivity index (χ0) is 8.85. The van der Waals surface area contributed by atoms with Crippen molar-refractivity contribution in [2.75, 3.05) is 0 Å². The van der Waals surface area contributed by atoms with E-state index in [-0.39, 0.29) is 11.7 Å². The van der Waals surface area contributed by atoms with E-state index in [9.17, 15) is 4.79 Å². The van der Waals surface area contributed by atoms with E-state index in [1.54, 1.807) is 12.2 Å². The molecule has 0 aromatic heterocycles. The molecule has 0 spiro atoms. The molecule has 0 amide bonds. The topological polar surface area (TPSA) is 17.1 Å². The Kier molecular flexibility index (Phi) is 4.51. The highest BCUT2D eigenvalue weighted by atomic mass is 16.1. The Bertz CT molecular complexity index is 173. The van der Waals surface area contributed by atoms with Crippen LogP contribution in [0, 0.1) is 5.92 Å². The van der Waals surface area contributed by atoms with Crippen LogP contribution in [0.3, 0.4) is 0 Å². The molecule has 0 N–H and O–H groups in total. The van der Waals surface area contributed by atoms with Crippen LogP contribution in [0.5, 0.6) is 0 Å². The van der Waals surface area contributed by atoms with Crippen LogP contribution in [-0.4, -0.2) is 5.78 Å². The van der Waals surface area contributed by atoms with Gasteiger partial charge in [0.1, 0.15) is 0 Å². The molecule has 0 aliphatic rings. The van der Waals surface area contributed by atoms with Crippen LogP contribution in [-0.2, 0) is 4.79 Å². The number of allylic oxidation sites excluding steroid dienone is 3. The van der Waals surface area contributed by atoms with Gasteiger partial charge in [0.15, 0.2) is 5.78 Å². The first-order valence-corrected chi connectivity index (χ1v) is 3.86. The van der Waals surface area contributed by atoms with Crippen LogP contribution in [0.2, 0.25) is 0 Å². The van der Waals surface area contributed by atoms with Crippen molar-refractivity contribution in [3.63, 3.8) is 0 Å². The number of carbonyl (C=O) groups excluding carboxylic acids is 1. The van der Waals surface area contributed by atoms with E-state index in [2.05, 4.69) is 6.58 Å². The van der Waals surface area contributed by atoms with Crippen molar-refractivity contribution >= 4 is 5.78 Å². The second-order valence-electron chi connectivity index (χ2n) is 3.11. The molecule has 0 bridgehead atoms. The van der Waals surface area contributed by atoms with Crippen molar-refractivity contribution in [2.45, 2.75) is 27.2 Å². The van der Waals surface area contributed by atoms with E-state index in [1.807, 2.05) is 20.8 Å². The zero-order valence-electron chi connectivity index (χ0n) is 7.55. The molecule has 62 valence electrons. The van der Waals surface area contributed by atoms with E-state index in [0.29, 0.717) is 6.42 Å². The molecule has 11 heavy (non-hydrogen) atoms. The van der Waals surface area contributed by atoms with Crippen LogP contribution >= 0.6 is 0 Å². The van der Waals surface area contributed by atoms with E-state index in [1.165, 1.54) is 0 Å². The van der Waals surface area contributed by atoms with Crippen LogP contribution < -0.4 is 0 Å². The van der Waals surface area contributed by atoms with Gasteiger partial charge >= 0.3 is 0 Å². The third kappa shape index (κ3) is 5.59. The van der Waals surface area contributed by atoms with Gasteiger partial charge in [0.05, 0.1) is 0 Å². The lowest BCUT2D eigenvalue weighted by atomic mass is 10.0. The highest BCUT2D eigenvalue weighted by Gasteiger charge is 2.01. The third-order valence-electron chi connectivity index (χ3n) is 1.38. The maximum atomic E-state index is 11.1. The summed E-state index contributed by atoms with van der Waals surface area (Å²) in [6.07, 6.45) is 4.06. The predicted molar refractivity (Wildman–Crippen MR) is 48.4 cm³/mol. The smallest absolute Gasteiger partial charge is 0.156 e. The first-order chi connectivity index (χ1) is 5.06. The Morgan fingerprint density at radius 3 is 2.45 bits per heavy atom. The molecule has 0 aliphatic heterocycles. The Morgan fingerprint density at radius 1 is 1.55 bits per heavy atom. The monoisotopic (exact) mass is 152 g/mol. The standard InChI is InChI=1S/C10H16O/c1-5-9(4)7-10(11)6-8(2)3/h5-6,9H,1,7H2,2-4H3/t9-/m1/s1. The van der Waals surface area contributed by atoms with Gasteiger partial charge in [-0.05, 0) is 25.8 Å². The van der Waals surface area contributed by atoms with Gasteiger partial charge in [0.25, 0.3) is 0 Å². The molecule has 0 aromatic carbocycles. The average Bonchev–Trinajstić information content (AvgIpc) is 1.85. The maximum Gasteiger partial charge on any atom is 0.156 e.